The van der Waals surface area contributed by atoms with Gasteiger partial charge in [-0.3, -0.25) is 0 Å². The van der Waals surface area contributed by atoms with E-state index >= 15 is 0 Å². The highest BCUT2D eigenvalue weighted by Gasteiger charge is 2.29. The molecular formula is C9H14BrN3O2. The average molecular weight is 276 g/mol. The lowest BCUT2D eigenvalue weighted by Gasteiger charge is -2.30. The minimum Gasteiger partial charge on any atom is -0.369 e. The fraction of sp³-hybridized carbons (Fsp3) is 0.667. The molecule has 5 nitrogen and oxygen atoms in total. The number of halogens is 1. The predicted octanol–water partition coefficient (Wildman–Crippen LogP) is 1.62. The number of nitrogens with one attached hydrogen (secondary N) is 1. The van der Waals surface area contributed by atoms with Crippen LogP contribution in [-0.4, -0.2) is 36.8 Å². The summed E-state index contributed by atoms with van der Waals surface area (Å²) in [5, 5.41) is 7.59. The van der Waals surface area contributed by atoms with Crippen molar-refractivity contribution in [1.29, 1.82) is 0 Å². The number of aromatic nitrogens is 2. The lowest BCUT2D eigenvalue weighted by atomic mass is 10.1. The number of methoxy groups -OCH3 is 2. The summed E-state index contributed by atoms with van der Waals surface area (Å²) in [7, 11) is 3.29. The summed E-state index contributed by atoms with van der Waals surface area (Å²) in [5.41, 5.74) is 0. The van der Waals surface area contributed by atoms with Gasteiger partial charge in [0.2, 0.25) is 0 Å². The molecule has 1 aliphatic rings. The lowest BCUT2D eigenvalue weighted by molar-refractivity contribution is -0.135. The van der Waals surface area contributed by atoms with Gasteiger partial charge >= 0.3 is 0 Å². The fourth-order valence-corrected chi connectivity index (χ4v) is 2.29. The zero-order valence-corrected chi connectivity index (χ0v) is 10.3. The first-order valence-electron chi connectivity index (χ1n) is 4.80. The molecule has 1 unspecified atom stereocenters. The van der Waals surface area contributed by atoms with Crippen LogP contribution < -0.4 is 5.32 Å². The molecule has 0 bridgehead atoms. The van der Waals surface area contributed by atoms with Gasteiger partial charge in [-0.2, -0.15) is 5.10 Å². The largest absolute Gasteiger partial charge is 0.369 e. The number of anilines is 1. The van der Waals surface area contributed by atoms with Gasteiger partial charge < -0.3 is 14.8 Å². The Labute approximate surface area is 96.9 Å². The van der Waals surface area contributed by atoms with E-state index in [-0.39, 0.29) is 12.3 Å². The van der Waals surface area contributed by atoms with Crippen LogP contribution in [0.5, 0.6) is 0 Å². The molecule has 1 aromatic heterocycles. The van der Waals surface area contributed by atoms with E-state index in [1.807, 2.05) is 4.68 Å². The van der Waals surface area contributed by atoms with Crippen molar-refractivity contribution in [3.63, 3.8) is 0 Å². The molecule has 0 saturated carbocycles. The molecule has 0 aliphatic carbocycles. The van der Waals surface area contributed by atoms with Crippen LogP contribution >= 0.6 is 15.9 Å². The van der Waals surface area contributed by atoms with Crippen LogP contribution in [0.15, 0.2) is 10.7 Å². The van der Waals surface area contributed by atoms with Crippen LogP contribution in [0.3, 0.4) is 0 Å². The van der Waals surface area contributed by atoms with Crippen molar-refractivity contribution in [2.75, 3.05) is 26.1 Å². The molecule has 0 amide bonds. The molecule has 1 aromatic rings. The number of hydrogen-bond donors (Lipinski definition) is 1. The Hall–Kier alpha value is -0.590. The number of nitrogens with zero attached hydrogens (tertiary/aromatic N) is 2. The van der Waals surface area contributed by atoms with E-state index in [4.69, 9.17) is 9.47 Å². The van der Waals surface area contributed by atoms with E-state index in [2.05, 4.69) is 26.3 Å². The summed E-state index contributed by atoms with van der Waals surface area (Å²) in [6.07, 6.45) is 2.47. The fourth-order valence-electron chi connectivity index (χ4n) is 1.88. The molecule has 6 heteroatoms. The molecule has 84 valence electrons. The lowest BCUT2D eigenvalue weighted by Crippen LogP contribution is -2.34. The molecule has 0 aromatic carbocycles. The molecule has 0 radical (unpaired) electrons. The summed E-state index contributed by atoms with van der Waals surface area (Å²) in [6.45, 7) is 0.901. The molecule has 2 rings (SSSR count). The first-order chi connectivity index (χ1) is 7.27. The van der Waals surface area contributed by atoms with Gasteiger partial charge in [0.15, 0.2) is 6.29 Å². The maximum atomic E-state index is 5.28. The van der Waals surface area contributed by atoms with Gasteiger partial charge in [-0.25, -0.2) is 4.68 Å². The topological polar surface area (TPSA) is 48.3 Å². The van der Waals surface area contributed by atoms with Crippen molar-refractivity contribution in [1.82, 2.24) is 9.78 Å². The monoisotopic (exact) mass is 275 g/mol. The Balaban J connectivity index is 2.29. The smallest absolute Gasteiger partial charge is 0.179 e. The van der Waals surface area contributed by atoms with Crippen molar-refractivity contribution in [2.24, 2.45) is 0 Å². The van der Waals surface area contributed by atoms with Crippen LogP contribution in [-0.2, 0) is 9.47 Å². The van der Waals surface area contributed by atoms with Crippen molar-refractivity contribution in [3.05, 3.63) is 10.7 Å². The highest BCUT2D eigenvalue weighted by atomic mass is 79.9. The SMILES string of the molecule is COC(OC)C1CCNc2c(Br)cnn21. The van der Waals surface area contributed by atoms with E-state index in [9.17, 15) is 0 Å². The van der Waals surface area contributed by atoms with Gasteiger partial charge in [-0.1, -0.05) is 0 Å². The van der Waals surface area contributed by atoms with Gasteiger partial charge in [-0.05, 0) is 22.4 Å². The quantitative estimate of drug-likeness (QED) is 0.852. The average Bonchev–Trinajstić information content (AvgIpc) is 2.64. The number of hydrogen-bond acceptors (Lipinski definition) is 4. The Morgan fingerprint density at radius 1 is 1.60 bits per heavy atom. The highest BCUT2D eigenvalue weighted by Crippen LogP contribution is 2.32. The molecule has 15 heavy (non-hydrogen) atoms. The van der Waals surface area contributed by atoms with E-state index in [0.29, 0.717) is 0 Å². The molecule has 2 heterocycles. The zero-order chi connectivity index (χ0) is 10.8. The maximum Gasteiger partial charge on any atom is 0.179 e. The first-order valence-corrected chi connectivity index (χ1v) is 5.59. The second-order valence-corrected chi connectivity index (χ2v) is 4.26. The Kier molecular flexibility index (Phi) is 3.28. The third-order valence-electron chi connectivity index (χ3n) is 2.58. The van der Waals surface area contributed by atoms with Crippen LogP contribution in [0.2, 0.25) is 0 Å². The molecule has 1 aliphatic heterocycles. The second-order valence-electron chi connectivity index (χ2n) is 3.41. The molecule has 0 spiro atoms. The van der Waals surface area contributed by atoms with Gasteiger partial charge in [0.1, 0.15) is 11.9 Å². The third kappa shape index (κ3) is 1.89. The van der Waals surface area contributed by atoms with Crippen LogP contribution in [0.4, 0.5) is 5.82 Å². The standard InChI is InChI=1S/C9H14BrN3O2/c1-14-9(15-2)7-3-4-11-8-6(10)5-12-13(7)8/h5,7,9,11H,3-4H2,1-2H3. The van der Waals surface area contributed by atoms with Crippen molar-refractivity contribution < 1.29 is 9.47 Å². The Morgan fingerprint density at radius 3 is 3.00 bits per heavy atom. The normalized spacial score (nSPS) is 20.1. The molecular weight excluding hydrogens is 262 g/mol. The van der Waals surface area contributed by atoms with E-state index in [1.54, 1.807) is 20.4 Å². The Morgan fingerprint density at radius 2 is 2.33 bits per heavy atom. The van der Waals surface area contributed by atoms with Gasteiger partial charge in [0.05, 0.1) is 10.7 Å². The molecule has 0 fully saturated rings. The van der Waals surface area contributed by atoms with Crippen LogP contribution in [0.1, 0.15) is 12.5 Å². The van der Waals surface area contributed by atoms with Crippen molar-refractivity contribution in [2.45, 2.75) is 18.8 Å². The highest BCUT2D eigenvalue weighted by molar-refractivity contribution is 9.10. The number of rotatable bonds is 3. The minimum absolute atomic E-state index is 0.127. The Bertz CT molecular complexity index is 338. The van der Waals surface area contributed by atoms with E-state index < -0.39 is 0 Å². The summed E-state index contributed by atoms with van der Waals surface area (Å²) in [4.78, 5) is 0. The van der Waals surface area contributed by atoms with Gasteiger partial charge in [-0.15, -0.1) is 0 Å². The van der Waals surface area contributed by atoms with E-state index in [1.165, 1.54) is 0 Å². The predicted molar refractivity (Wildman–Crippen MR) is 59.9 cm³/mol. The summed E-state index contributed by atoms with van der Waals surface area (Å²) < 4.78 is 13.4. The molecule has 1 N–H and O–H groups in total. The van der Waals surface area contributed by atoms with Crippen LogP contribution in [0, 0.1) is 0 Å². The number of fused-ring (bicyclic) bond motifs is 1. The minimum atomic E-state index is -0.252. The van der Waals surface area contributed by atoms with Gasteiger partial charge in [0, 0.05) is 20.8 Å². The summed E-state index contributed by atoms with van der Waals surface area (Å²) in [6, 6.07) is 0.127. The van der Waals surface area contributed by atoms with Gasteiger partial charge in [0.25, 0.3) is 0 Å². The summed E-state index contributed by atoms with van der Waals surface area (Å²) >= 11 is 3.44. The van der Waals surface area contributed by atoms with Crippen molar-refractivity contribution in [3.8, 4) is 0 Å². The second kappa shape index (κ2) is 4.51. The molecule has 0 saturated heterocycles. The zero-order valence-electron chi connectivity index (χ0n) is 8.74. The third-order valence-corrected chi connectivity index (χ3v) is 3.16. The van der Waals surface area contributed by atoms with E-state index in [0.717, 1.165) is 23.3 Å². The first kappa shape index (κ1) is 10.9. The molecule has 1 atom stereocenters. The summed E-state index contributed by atoms with van der Waals surface area (Å²) in [5.74, 6) is 0.991. The maximum absolute atomic E-state index is 5.28. The van der Waals surface area contributed by atoms with Crippen molar-refractivity contribution >= 4 is 21.7 Å². The van der Waals surface area contributed by atoms with Crippen LogP contribution in [0.25, 0.3) is 0 Å². The number of ether oxygens (including phenoxy) is 2.